The average Bonchev–Trinajstić information content (AvgIpc) is 2.43. The van der Waals surface area contributed by atoms with Gasteiger partial charge in [-0.15, -0.1) is 0 Å². The number of nitrogens with zero attached hydrogens (tertiary/aromatic N) is 3. The highest BCUT2D eigenvalue weighted by atomic mass is 16.5. The molecule has 1 aromatic heterocycles. The number of hydrogen-bond acceptors (Lipinski definition) is 5. The van der Waals surface area contributed by atoms with Crippen LogP contribution in [0.5, 0.6) is 0 Å². The van der Waals surface area contributed by atoms with Gasteiger partial charge in [0, 0.05) is 12.7 Å². The first kappa shape index (κ1) is 13.3. The molecule has 0 fully saturated rings. The maximum Gasteiger partial charge on any atom is 0.357 e. The van der Waals surface area contributed by atoms with E-state index in [0.717, 1.165) is 6.54 Å². The standard InChI is InChI=1S/C7H8N2O2.C5H9N/c1-2-11-7(10)6-3-4-8-5-9-6;1-2-4-6-5-3-1/h3-5H,2H2,1H3;4H,1-3,5H2. The largest absolute Gasteiger partial charge is 0.461 e. The third-order valence-electron chi connectivity index (χ3n) is 2.07. The first-order valence-corrected chi connectivity index (χ1v) is 5.76. The molecule has 0 amide bonds. The molecule has 17 heavy (non-hydrogen) atoms. The third-order valence-corrected chi connectivity index (χ3v) is 2.07. The summed E-state index contributed by atoms with van der Waals surface area (Å²) in [6.07, 6.45) is 8.69. The van der Waals surface area contributed by atoms with Crippen LogP contribution < -0.4 is 0 Å². The Labute approximate surface area is 101 Å². The number of carbonyl (C=O) groups is 1. The van der Waals surface area contributed by atoms with Crippen LogP contribution in [0.15, 0.2) is 23.6 Å². The van der Waals surface area contributed by atoms with Crippen molar-refractivity contribution in [2.45, 2.75) is 26.2 Å². The van der Waals surface area contributed by atoms with Crippen molar-refractivity contribution in [3.05, 3.63) is 24.3 Å². The summed E-state index contributed by atoms with van der Waals surface area (Å²) in [5.74, 6) is -0.407. The lowest BCUT2D eigenvalue weighted by molar-refractivity contribution is 0.0519. The van der Waals surface area contributed by atoms with Crippen molar-refractivity contribution in [1.29, 1.82) is 0 Å². The van der Waals surface area contributed by atoms with Crippen LogP contribution in [0.4, 0.5) is 0 Å². The van der Waals surface area contributed by atoms with Crippen molar-refractivity contribution in [3.8, 4) is 0 Å². The highest BCUT2D eigenvalue weighted by Gasteiger charge is 2.05. The summed E-state index contributed by atoms with van der Waals surface area (Å²) in [5, 5.41) is 0. The van der Waals surface area contributed by atoms with Crippen LogP contribution in [0, 0.1) is 0 Å². The summed E-state index contributed by atoms with van der Waals surface area (Å²) in [4.78, 5) is 22.4. The van der Waals surface area contributed by atoms with Crippen molar-refractivity contribution in [1.82, 2.24) is 9.97 Å². The van der Waals surface area contributed by atoms with Gasteiger partial charge in [-0.25, -0.2) is 14.8 Å². The van der Waals surface area contributed by atoms with Crippen molar-refractivity contribution in [2.24, 2.45) is 4.99 Å². The lowest BCUT2D eigenvalue weighted by atomic mass is 10.2. The maximum absolute atomic E-state index is 10.9. The van der Waals surface area contributed by atoms with E-state index in [9.17, 15) is 4.79 Å². The molecule has 1 aromatic rings. The molecule has 1 aliphatic heterocycles. The van der Waals surface area contributed by atoms with E-state index in [1.54, 1.807) is 6.92 Å². The first-order chi connectivity index (χ1) is 8.34. The van der Waals surface area contributed by atoms with Crippen molar-refractivity contribution >= 4 is 12.2 Å². The van der Waals surface area contributed by atoms with Crippen LogP contribution in [-0.4, -0.2) is 35.3 Å². The second kappa shape index (κ2) is 8.38. The Balaban J connectivity index is 0.000000202. The molecule has 5 nitrogen and oxygen atoms in total. The summed E-state index contributed by atoms with van der Waals surface area (Å²) in [7, 11) is 0. The summed E-state index contributed by atoms with van der Waals surface area (Å²) in [6, 6.07) is 1.51. The molecule has 0 atom stereocenters. The van der Waals surface area contributed by atoms with Crippen LogP contribution in [-0.2, 0) is 4.74 Å². The zero-order chi connectivity index (χ0) is 12.3. The van der Waals surface area contributed by atoms with Gasteiger partial charge < -0.3 is 4.74 Å². The molecule has 5 heteroatoms. The zero-order valence-electron chi connectivity index (χ0n) is 10.0. The van der Waals surface area contributed by atoms with Crippen LogP contribution in [0.25, 0.3) is 0 Å². The molecule has 1 aliphatic rings. The fourth-order valence-corrected chi connectivity index (χ4v) is 1.24. The molecule has 0 saturated heterocycles. The molecule has 0 spiro atoms. The highest BCUT2D eigenvalue weighted by molar-refractivity contribution is 5.86. The number of esters is 1. The van der Waals surface area contributed by atoms with Gasteiger partial charge in [0.15, 0.2) is 5.69 Å². The number of hydrogen-bond donors (Lipinski definition) is 0. The Morgan fingerprint density at radius 2 is 2.35 bits per heavy atom. The van der Waals surface area contributed by atoms with Crippen molar-refractivity contribution in [3.63, 3.8) is 0 Å². The van der Waals surface area contributed by atoms with E-state index < -0.39 is 5.97 Å². The smallest absolute Gasteiger partial charge is 0.357 e. The Morgan fingerprint density at radius 3 is 2.76 bits per heavy atom. The van der Waals surface area contributed by atoms with Crippen LogP contribution >= 0.6 is 0 Å². The number of rotatable bonds is 2. The fraction of sp³-hybridized carbons (Fsp3) is 0.500. The van der Waals surface area contributed by atoms with E-state index in [1.165, 1.54) is 37.9 Å². The quantitative estimate of drug-likeness (QED) is 0.734. The van der Waals surface area contributed by atoms with E-state index in [1.807, 2.05) is 6.21 Å². The van der Waals surface area contributed by atoms with Gasteiger partial charge >= 0.3 is 5.97 Å². The molecule has 2 heterocycles. The van der Waals surface area contributed by atoms with Crippen molar-refractivity contribution in [2.75, 3.05) is 13.2 Å². The van der Waals surface area contributed by atoms with E-state index in [-0.39, 0.29) is 0 Å². The molecule has 2 rings (SSSR count). The highest BCUT2D eigenvalue weighted by Crippen LogP contribution is 1.97. The monoisotopic (exact) mass is 235 g/mol. The molecule has 0 radical (unpaired) electrons. The van der Waals surface area contributed by atoms with Crippen molar-refractivity contribution < 1.29 is 9.53 Å². The second-order valence-electron chi connectivity index (χ2n) is 3.40. The van der Waals surface area contributed by atoms with Gasteiger partial charge in [-0.2, -0.15) is 0 Å². The molecule has 92 valence electrons. The molecule has 0 aromatic carbocycles. The summed E-state index contributed by atoms with van der Waals surface area (Å²) in [5.41, 5.74) is 0.293. The normalized spacial score (nSPS) is 13.5. The average molecular weight is 235 g/mol. The number of aliphatic imine (C=N–C) groups is 1. The third kappa shape index (κ3) is 5.75. The molecule has 0 N–H and O–H groups in total. The zero-order valence-corrected chi connectivity index (χ0v) is 10.0. The molecular weight excluding hydrogens is 218 g/mol. The predicted molar refractivity (Wildman–Crippen MR) is 65.2 cm³/mol. The lowest BCUT2D eigenvalue weighted by Gasteiger charge is -1.97. The first-order valence-electron chi connectivity index (χ1n) is 5.76. The van der Waals surface area contributed by atoms with Gasteiger partial charge in [0.25, 0.3) is 0 Å². The van der Waals surface area contributed by atoms with E-state index >= 15 is 0 Å². The molecule has 0 saturated carbocycles. The molecule has 0 aliphatic carbocycles. The summed E-state index contributed by atoms with van der Waals surface area (Å²) >= 11 is 0. The topological polar surface area (TPSA) is 64.4 Å². The fourth-order valence-electron chi connectivity index (χ4n) is 1.24. The predicted octanol–water partition coefficient (Wildman–Crippen LogP) is 1.89. The Kier molecular flexibility index (Phi) is 6.55. The van der Waals surface area contributed by atoms with Crippen LogP contribution in [0.2, 0.25) is 0 Å². The minimum Gasteiger partial charge on any atom is -0.461 e. The van der Waals surface area contributed by atoms with E-state index in [2.05, 4.69) is 15.0 Å². The molecule has 0 bridgehead atoms. The Bertz CT molecular complexity index is 344. The van der Waals surface area contributed by atoms with Gasteiger partial charge in [0.1, 0.15) is 6.33 Å². The van der Waals surface area contributed by atoms with Gasteiger partial charge in [0.2, 0.25) is 0 Å². The molecular formula is C12H17N3O2. The Hall–Kier alpha value is -1.78. The summed E-state index contributed by atoms with van der Waals surface area (Å²) < 4.78 is 4.70. The van der Waals surface area contributed by atoms with E-state index in [0.29, 0.717) is 12.3 Å². The number of carbonyl (C=O) groups excluding carboxylic acids is 1. The lowest BCUT2D eigenvalue weighted by Crippen LogP contribution is -2.06. The molecule has 0 unspecified atom stereocenters. The number of ether oxygens (including phenoxy) is 1. The minimum atomic E-state index is -0.407. The van der Waals surface area contributed by atoms with Gasteiger partial charge in [-0.1, -0.05) is 0 Å². The van der Waals surface area contributed by atoms with E-state index in [4.69, 9.17) is 4.74 Å². The van der Waals surface area contributed by atoms with Gasteiger partial charge in [-0.3, -0.25) is 4.99 Å². The Morgan fingerprint density at radius 1 is 1.47 bits per heavy atom. The van der Waals surface area contributed by atoms with Crippen LogP contribution in [0.1, 0.15) is 36.7 Å². The maximum atomic E-state index is 10.9. The second-order valence-corrected chi connectivity index (χ2v) is 3.40. The number of aromatic nitrogens is 2. The van der Waals surface area contributed by atoms with Gasteiger partial charge in [0.05, 0.1) is 6.61 Å². The summed E-state index contributed by atoms with van der Waals surface area (Å²) in [6.45, 7) is 3.18. The minimum absolute atomic E-state index is 0.293. The SMILES string of the molecule is C1=NCCCC1.CCOC(=O)c1ccncn1. The van der Waals surface area contributed by atoms with Gasteiger partial charge in [-0.05, 0) is 38.5 Å². The van der Waals surface area contributed by atoms with Crippen LogP contribution in [0.3, 0.4) is 0 Å².